The number of likely N-dealkylation sites (tertiary alicyclic amines) is 1. The number of carbonyl (C=O) groups excluding carboxylic acids is 1. The molecule has 2 aromatic rings. The van der Waals surface area contributed by atoms with Gasteiger partial charge in [0.1, 0.15) is 0 Å². The largest absolute Gasteiger partial charge is 0.383 e. The number of hydrogen-bond donors (Lipinski definition) is 0. The topological polar surface area (TPSA) is 60.2 Å². The maximum absolute atomic E-state index is 13.1. The summed E-state index contributed by atoms with van der Waals surface area (Å²) in [6.07, 6.45) is 7.45. The van der Waals surface area contributed by atoms with Gasteiger partial charge in [0.05, 0.1) is 18.9 Å². The van der Waals surface area contributed by atoms with Gasteiger partial charge in [0.15, 0.2) is 11.0 Å². The summed E-state index contributed by atoms with van der Waals surface area (Å²) in [6, 6.07) is 10.5. The van der Waals surface area contributed by atoms with E-state index < -0.39 is 0 Å². The molecular weight excluding hydrogens is 384 g/mol. The first-order valence-electron chi connectivity index (χ1n) is 10.7. The zero-order valence-corrected chi connectivity index (χ0v) is 17.9. The lowest BCUT2D eigenvalue weighted by atomic mass is 9.78. The van der Waals surface area contributed by atoms with Gasteiger partial charge in [0.25, 0.3) is 0 Å². The molecule has 1 aliphatic carbocycles. The number of hydrogen-bond acceptors (Lipinski definition) is 5. The zero-order chi connectivity index (χ0) is 20.1. The lowest BCUT2D eigenvalue weighted by molar-refractivity contribution is -0.134. The molecule has 0 bridgehead atoms. The van der Waals surface area contributed by atoms with Gasteiger partial charge in [-0.15, -0.1) is 10.2 Å². The average Bonchev–Trinajstić information content (AvgIpc) is 3.19. The Kier molecular flexibility index (Phi) is 6.87. The number of thioether (sulfide) groups is 1. The van der Waals surface area contributed by atoms with Crippen LogP contribution in [0.2, 0.25) is 0 Å². The average molecular weight is 415 g/mol. The van der Waals surface area contributed by atoms with E-state index in [4.69, 9.17) is 4.74 Å². The van der Waals surface area contributed by atoms with Crippen LogP contribution in [0.15, 0.2) is 35.5 Å². The smallest absolute Gasteiger partial charge is 0.233 e. The number of rotatable bonds is 7. The Labute approximate surface area is 177 Å². The van der Waals surface area contributed by atoms with Crippen LogP contribution in [0.3, 0.4) is 0 Å². The number of fused-ring (bicyclic) bond motifs is 1. The van der Waals surface area contributed by atoms with Crippen LogP contribution < -0.4 is 0 Å². The van der Waals surface area contributed by atoms with Crippen molar-refractivity contribution >= 4 is 17.7 Å². The minimum Gasteiger partial charge on any atom is -0.383 e. The third kappa shape index (κ3) is 4.67. The molecule has 0 N–H and O–H groups in total. The monoisotopic (exact) mass is 414 g/mol. The van der Waals surface area contributed by atoms with Crippen LogP contribution >= 0.6 is 11.8 Å². The molecule has 1 aliphatic heterocycles. The van der Waals surface area contributed by atoms with Gasteiger partial charge < -0.3 is 9.64 Å². The molecule has 4 rings (SSSR count). The Morgan fingerprint density at radius 3 is 2.76 bits per heavy atom. The number of amides is 1. The molecule has 2 unspecified atom stereocenters. The van der Waals surface area contributed by atoms with Crippen molar-refractivity contribution in [1.82, 2.24) is 19.7 Å². The third-order valence-electron chi connectivity index (χ3n) is 6.16. The van der Waals surface area contributed by atoms with Crippen LogP contribution in [0.25, 0.3) is 11.4 Å². The van der Waals surface area contributed by atoms with E-state index in [1.807, 2.05) is 30.3 Å². The Balaban J connectivity index is 1.46. The standard InChI is InChI=1S/C22H30N4O2S/c1-28-15-14-26-21(18-9-3-2-4-10-18)23-24-22(26)29-16-20(27)25-13-7-11-17-8-5-6-12-19(17)25/h2-4,9-10,17,19H,5-8,11-16H2,1H3. The van der Waals surface area contributed by atoms with Gasteiger partial charge in [0, 0.05) is 25.3 Å². The lowest BCUT2D eigenvalue weighted by Gasteiger charge is -2.44. The predicted molar refractivity (Wildman–Crippen MR) is 115 cm³/mol. The summed E-state index contributed by atoms with van der Waals surface area (Å²) in [5.41, 5.74) is 1.02. The van der Waals surface area contributed by atoms with E-state index in [-0.39, 0.29) is 5.91 Å². The molecule has 2 heterocycles. The van der Waals surface area contributed by atoms with Crippen LogP contribution in [-0.2, 0) is 16.1 Å². The first kappa shape index (κ1) is 20.4. The van der Waals surface area contributed by atoms with Gasteiger partial charge in [-0.3, -0.25) is 9.36 Å². The maximum atomic E-state index is 13.1. The van der Waals surface area contributed by atoms with Crippen molar-refractivity contribution in [2.24, 2.45) is 5.92 Å². The summed E-state index contributed by atoms with van der Waals surface area (Å²) in [7, 11) is 1.69. The van der Waals surface area contributed by atoms with Gasteiger partial charge in [-0.25, -0.2) is 0 Å². The molecule has 1 saturated carbocycles. The molecule has 2 aliphatic rings. The van der Waals surface area contributed by atoms with Crippen molar-refractivity contribution < 1.29 is 9.53 Å². The first-order valence-corrected chi connectivity index (χ1v) is 11.7. The van der Waals surface area contributed by atoms with Crippen molar-refractivity contribution in [2.75, 3.05) is 26.0 Å². The number of piperidine rings is 1. The molecule has 6 nitrogen and oxygen atoms in total. The minimum atomic E-state index is 0.245. The van der Waals surface area contributed by atoms with Gasteiger partial charge in [0.2, 0.25) is 5.91 Å². The Morgan fingerprint density at radius 1 is 1.14 bits per heavy atom. The van der Waals surface area contributed by atoms with Crippen LogP contribution in [0.1, 0.15) is 38.5 Å². The molecule has 7 heteroatoms. The van der Waals surface area contributed by atoms with Crippen LogP contribution in [0.4, 0.5) is 0 Å². The number of ether oxygens (including phenoxy) is 1. The zero-order valence-electron chi connectivity index (χ0n) is 17.1. The highest BCUT2D eigenvalue weighted by Crippen LogP contribution is 2.35. The molecular formula is C22H30N4O2S. The first-order chi connectivity index (χ1) is 14.3. The highest BCUT2D eigenvalue weighted by atomic mass is 32.2. The van der Waals surface area contributed by atoms with Crippen LogP contribution in [0.5, 0.6) is 0 Å². The summed E-state index contributed by atoms with van der Waals surface area (Å²) in [4.78, 5) is 15.2. The van der Waals surface area contributed by atoms with E-state index in [2.05, 4.69) is 19.7 Å². The van der Waals surface area contributed by atoms with Crippen LogP contribution in [0, 0.1) is 5.92 Å². The fourth-order valence-electron chi connectivity index (χ4n) is 4.72. The second kappa shape index (κ2) is 9.76. The van der Waals surface area contributed by atoms with Gasteiger partial charge in [-0.2, -0.15) is 0 Å². The highest BCUT2D eigenvalue weighted by Gasteiger charge is 2.35. The molecule has 0 spiro atoms. The Hall–Kier alpha value is -1.86. The molecule has 1 aromatic heterocycles. The second-order valence-corrected chi connectivity index (χ2v) is 8.89. The summed E-state index contributed by atoms with van der Waals surface area (Å²) in [6.45, 7) is 2.15. The maximum Gasteiger partial charge on any atom is 0.233 e. The van der Waals surface area contributed by atoms with Crippen molar-refractivity contribution in [2.45, 2.75) is 56.3 Å². The van der Waals surface area contributed by atoms with Crippen molar-refractivity contribution in [3.63, 3.8) is 0 Å². The number of aromatic nitrogens is 3. The number of benzene rings is 1. The normalized spacial score (nSPS) is 21.8. The lowest BCUT2D eigenvalue weighted by Crippen LogP contribution is -2.50. The second-order valence-electron chi connectivity index (χ2n) is 7.95. The summed E-state index contributed by atoms with van der Waals surface area (Å²) < 4.78 is 7.35. The number of methoxy groups -OCH3 is 1. The van der Waals surface area contributed by atoms with Crippen LogP contribution in [-0.4, -0.2) is 57.6 Å². The predicted octanol–water partition coefficient (Wildman–Crippen LogP) is 3.86. The van der Waals surface area contributed by atoms with Crippen molar-refractivity contribution in [3.05, 3.63) is 30.3 Å². The molecule has 29 heavy (non-hydrogen) atoms. The fraction of sp³-hybridized carbons (Fsp3) is 0.591. The molecule has 2 atom stereocenters. The molecule has 1 amide bonds. The number of nitrogens with zero attached hydrogens (tertiary/aromatic N) is 4. The third-order valence-corrected chi connectivity index (χ3v) is 7.11. The fourth-order valence-corrected chi connectivity index (χ4v) is 5.57. The Morgan fingerprint density at radius 2 is 1.93 bits per heavy atom. The summed E-state index contributed by atoms with van der Waals surface area (Å²) in [5, 5.41) is 9.58. The summed E-state index contributed by atoms with van der Waals surface area (Å²) >= 11 is 1.50. The van der Waals surface area contributed by atoms with Gasteiger partial charge in [-0.05, 0) is 31.6 Å². The molecule has 0 radical (unpaired) electrons. The van der Waals surface area contributed by atoms with Crippen molar-refractivity contribution in [1.29, 1.82) is 0 Å². The Bertz CT molecular complexity index is 808. The van der Waals surface area contributed by atoms with E-state index in [0.717, 1.165) is 29.5 Å². The van der Waals surface area contributed by atoms with Gasteiger partial charge >= 0.3 is 0 Å². The molecule has 1 aromatic carbocycles. The SMILES string of the molecule is COCCn1c(SCC(=O)N2CCCC3CCCCC32)nnc1-c1ccccc1. The van der Waals surface area contributed by atoms with E-state index in [9.17, 15) is 4.79 Å². The van der Waals surface area contributed by atoms with E-state index in [1.54, 1.807) is 7.11 Å². The van der Waals surface area contributed by atoms with Crippen molar-refractivity contribution in [3.8, 4) is 11.4 Å². The quantitative estimate of drug-likeness (QED) is 0.644. The van der Waals surface area contributed by atoms with E-state index in [1.165, 1.54) is 43.9 Å². The minimum absolute atomic E-state index is 0.245. The highest BCUT2D eigenvalue weighted by molar-refractivity contribution is 7.99. The molecule has 1 saturated heterocycles. The molecule has 156 valence electrons. The summed E-state index contributed by atoms with van der Waals surface area (Å²) in [5.74, 6) is 2.20. The van der Waals surface area contributed by atoms with E-state index in [0.29, 0.717) is 30.9 Å². The van der Waals surface area contributed by atoms with Gasteiger partial charge in [-0.1, -0.05) is 54.9 Å². The van der Waals surface area contributed by atoms with E-state index >= 15 is 0 Å². The number of carbonyl (C=O) groups is 1. The molecule has 2 fully saturated rings.